The summed E-state index contributed by atoms with van der Waals surface area (Å²) in [5, 5.41) is 6.69. The molecule has 0 unspecified atom stereocenters. The Balaban J connectivity index is 0.000000162. The summed E-state index contributed by atoms with van der Waals surface area (Å²) >= 11 is 0. The van der Waals surface area contributed by atoms with E-state index in [0.717, 1.165) is 23.7 Å². The van der Waals surface area contributed by atoms with E-state index >= 15 is 0 Å². The molecule has 4 heterocycles. The van der Waals surface area contributed by atoms with Gasteiger partial charge in [-0.3, -0.25) is 0 Å². The van der Waals surface area contributed by atoms with Crippen LogP contribution in [0.2, 0.25) is 78.6 Å². The molecule has 4 saturated carbocycles. The molecule has 0 radical (unpaired) electrons. The van der Waals surface area contributed by atoms with Crippen LogP contribution in [0.4, 0.5) is 0 Å². The van der Waals surface area contributed by atoms with Gasteiger partial charge < -0.3 is 0 Å². The lowest BCUT2D eigenvalue weighted by atomic mass is 9.84. The molecule has 0 atom stereocenters. The zero-order valence-electron chi connectivity index (χ0n) is 72.0. The number of nitrogens with zero attached hydrogens (tertiary/aromatic N) is 4. The lowest BCUT2D eigenvalue weighted by Crippen LogP contribution is -2.45. The van der Waals surface area contributed by atoms with Crippen molar-refractivity contribution in [1.82, 2.24) is 0 Å². The monoisotopic (exact) mass is 1480 g/mol. The highest BCUT2D eigenvalue weighted by molar-refractivity contribution is 6.90. The molecular weight excluding hydrogens is 1330 g/mol. The second-order valence-corrected chi connectivity index (χ2v) is 59.0. The molecule has 0 bridgehead atoms. The van der Waals surface area contributed by atoms with Gasteiger partial charge in [0, 0.05) is 68.8 Å². The molecular formula is C97H146N4Si4+4. The highest BCUT2D eigenvalue weighted by Gasteiger charge is 2.36. The van der Waals surface area contributed by atoms with Gasteiger partial charge in [-0.2, -0.15) is 0 Å². The van der Waals surface area contributed by atoms with E-state index in [4.69, 9.17) is 0 Å². The van der Waals surface area contributed by atoms with Gasteiger partial charge in [-0.1, -0.05) is 232 Å². The average Bonchev–Trinajstić information content (AvgIpc) is 1.72. The van der Waals surface area contributed by atoms with Gasteiger partial charge in [-0.25, -0.2) is 18.3 Å². The van der Waals surface area contributed by atoms with Gasteiger partial charge in [-0.15, -0.1) is 0 Å². The summed E-state index contributed by atoms with van der Waals surface area (Å²) < 4.78 is 9.56. The Morgan fingerprint density at radius 2 is 0.638 bits per heavy atom. The van der Waals surface area contributed by atoms with E-state index in [1.54, 1.807) is 43.0 Å². The highest BCUT2D eigenvalue weighted by Crippen LogP contribution is 2.40. The minimum absolute atomic E-state index is 0.173. The lowest BCUT2D eigenvalue weighted by molar-refractivity contribution is -0.660. The van der Waals surface area contributed by atoms with E-state index in [1.807, 2.05) is 0 Å². The van der Waals surface area contributed by atoms with Gasteiger partial charge in [0.15, 0.2) is 24.8 Å². The minimum Gasteiger partial charge on any atom is -0.201 e. The maximum absolute atomic E-state index is 2.57. The molecule has 4 aliphatic carbocycles. The summed E-state index contributed by atoms with van der Waals surface area (Å²) in [7, 11) is 3.36. The largest absolute Gasteiger partial charge is 0.212 e. The Morgan fingerprint density at radius 1 is 0.343 bits per heavy atom. The second-order valence-electron chi connectivity index (χ2n) is 38.9. The van der Waals surface area contributed by atoms with Crippen molar-refractivity contribution in [2.45, 2.75) is 318 Å². The van der Waals surface area contributed by atoms with E-state index in [2.05, 4.69) is 330 Å². The standard InChI is InChI=1S/C26H40NSi.C25H38NSi.C24H36NSi.C22H32NSi/c1-8-20(9-2)22-15-14-19(3)23(16-22)25-17-26(28(5,6)7)24(18-27(25)4)21-12-10-11-13-21;1-18-13-14-20(25(2,3)4)15-21(18)23-16-24(27(6,7)8)22(17-26(23)5)19-11-9-10-12-19;1-17(2)20-12-13-21(18(3)14-20)23-15-24(26(5,6)7)22(16-25(23)4)19-10-8-9-11-19;1-16-11-12-19(17(2)13-16)21-14-22(24(4,5)6)20(15-23(21)3)18-9-7-8-10-18/h14-18,20-21H,8-13H2,1-7H3;13-17,19H,9-12H2,1-8H3;12-17,19H,8-11H2,1-7H3;11-15,18H,7-10H2,1-6H3/q4*+1. The van der Waals surface area contributed by atoms with Crippen molar-refractivity contribution < 1.29 is 18.3 Å². The molecule has 4 fully saturated rings. The molecule has 105 heavy (non-hydrogen) atoms. The summed E-state index contributed by atoms with van der Waals surface area (Å²) in [6.45, 7) is 57.3. The molecule has 12 rings (SSSR count). The van der Waals surface area contributed by atoms with Crippen molar-refractivity contribution in [3.63, 3.8) is 0 Å². The van der Waals surface area contributed by atoms with Crippen molar-refractivity contribution in [2.24, 2.45) is 28.2 Å². The average molecular weight is 1480 g/mol. The van der Waals surface area contributed by atoms with Crippen LogP contribution < -0.4 is 39.0 Å². The molecule has 4 aromatic heterocycles. The smallest absolute Gasteiger partial charge is 0.201 e. The van der Waals surface area contributed by atoms with Crippen LogP contribution in [0.25, 0.3) is 45.0 Å². The van der Waals surface area contributed by atoms with Crippen molar-refractivity contribution in [2.75, 3.05) is 0 Å². The molecule has 8 aromatic rings. The summed E-state index contributed by atoms with van der Waals surface area (Å²) in [6.07, 6.45) is 34.5. The van der Waals surface area contributed by atoms with Gasteiger partial charge in [0.05, 0.1) is 32.3 Å². The fraction of sp³-hybridized carbons (Fsp3) is 0.546. The summed E-state index contributed by atoms with van der Waals surface area (Å²) in [5.41, 5.74) is 29.0. The SMILES string of the molecule is CCC(CC)c1ccc(C)c(-c2cc([Si](C)(C)C)c(C3CCCC3)c[n+]2C)c1.Cc1cc(C(C)C)ccc1-c1cc([Si](C)(C)C)c(C2CCCC2)c[n+]1C.Cc1ccc(-c2cc([Si](C)(C)C)c(C3CCCC3)c[n+]2C)c(C)c1.Cc1ccc(C(C)(C)C)cc1-c1cc([Si](C)(C)C)c(C2CCCC2)c[n+]1C. The molecule has 566 valence electrons. The predicted octanol–water partition coefficient (Wildman–Crippen LogP) is 23.4. The normalized spacial score (nSPS) is 15.9. The Bertz CT molecular complexity index is 4300. The molecule has 8 heteroatoms. The number of aromatic nitrogens is 4. The first kappa shape index (κ1) is 83.4. The van der Waals surface area contributed by atoms with Crippen LogP contribution in [0.1, 0.15) is 266 Å². The molecule has 0 N–H and O–H groups in total. The lowest BCUT2D eigenvalue weighted by Gasteiger charge is -2.24. The number of benzene rings is 4. The number of hydrogen-bond acceptors (Lipinski definition) is 0. The topological polar surface area (TPSA) is 15.5 Å². The Kier molecular flexibility index (Phi) is 27.4. The maximum atomic E-state index is 2.57. The third kappa shape index (κ3) is 20.2. The van der Waals surface area contributed by atoms with E-state index in [-0.39, 0.29) is 5.41 Å². The third-order valence-electron chi connectivity index (χ3n) is 24.9. The van der Waals surface area contributed by atoms with Crippen molar-refractivity contribution >= 4 is 53.0 Å². The van der Waals surface area contributed by atoms with Gasteiger partial charge >= 0.3 is 0 Å². The van der Waals surface area contributed by atoms with Crippen molar-refractivity contribution in [3.8, 4) is 45.0 Å². The van der Waals surface area contributed by atoms with Gasteiger partial charge in [-0.05, 0) is 224 Å². The zero-order chi connectivity index (χ0) is 77.0. The minimum atomic E-state index is -1.41. The van der Waals surface area contributed by atoms with Gasteiger partial charge in [0.1, 0.15) is 28.2 Å². The Hall–Kier alpha value is -5.65. The molecule has 4 aliphatic rings. The second kappa shape index (κ2) is 34.5. The van der Waals surface area contributed by atoms with Crippen LogP contribution in [0.3, 0.4) is 0 Å². The quantitative estimate of drug-likeness (QED) is 0.0677. The molecule has 0 amide bonds. The van der Waals surface area contributed by atoms with Crippen molar-refractivity contribution in [1.29, 1.82) is 0 Å². The number of pyridine rings is 4. The summed E-state index contributed by atoms with van der Waals surface area (Å²) in [6, 6.07) is 38.2. The van der Waals surface area contributed by atoms with Gasteiger partial charge in [0.25, 0.3) is 0 Å². The molecule has 4 nitrogen and oxygen atoms in total. The first-order valence-corrected chi connectivity index (χ1v) is 55.8. The van der Waals surface area contributed by atoms with Gasteiger partial charge in [0.2, 0.25) is 22.8 Å². The summed E-state index contributed by atoms with van der Waals surface area (Å²) in [4.78, 5) is 0. The van der Waals surface area contributed by atoms with Crippen LogP contribution in [0, 0.1) is 34.6 Å². The van der Waals surface area contributed by atoms with Crippen LogP contribution >= 0.6 is 0 Å². The number of aryl methyl sites for hydroxylation is 9. The van der Waals surface area contributed by atoms with Crippen LogP contribution in [-0.4, -0.2) is 32.3 Å². The molecule has 4 aromatic carbocycles. The zero-order valence-corrected chi connectivity index (χ0v) is 76.0. The van der Waals surface area contributed by atoms with E-state index in [0.29, 0.717) is 11.8 Å². The maximum Gasteiger partial charge on any atom is 0.212 e. The molecule has 0 aliphatic heterocycles. The number of hydrogen-bond donors (Lipinski definition) is 0. The number of rotatable bonds is 16. The van der Waals surface area contributed by atoms with E-state index in [9.17, 15) is 0 Å². The first-order valence-electron chi connectivity index (χ1n) is 41.8. The molecule has 0 spiro atoms. The fourth-order valence-electron chi connectivity index (χ4n) is 18.3. The summed E-state index contributed by atoms with van der Waals surface area (Å²) in [5.74, 6) is 4.36. The van der Waals surface area contributed by atoms with Crippen LogP contribution in [0.15, 0.2) is 122 Å². The Labute approximate surface area is 646 Å². The Morgan fingerprint density at radius 3 is 0.933 bits per heavy atom. The molecule has 0 saturated heterocycles. The van der Waals surface area contributed by atoms with Crippen LogP contribution in [0.5, 0.6) is 0 Å². The first-order chi connectivity index (χ1) is 49.2. The fourth-order valence-corrected chi connectivity index (χ4v) is 25.1. The highest BCUT2D eigenvalue weighted by atomic mass is 28.3. The van der Waals surface area contributed by atoms with E-state index < -0.39 is 32.3 Å². The third-order valence-corrected chi connectivity index (χ3v) is 33.1. The van der Waals surface area contributed by atoms with E-state index in [1.165, 1.54) is 205 Å². The van der Waals surface area contributed by atoms with Crippen molar-refractivity contribution in [3.05, 3.63) is 189 Å². The van der Waals surface area contributed by atoms with Crippen LogP contribution in [-0.2, 0) is 33.6 Å². The predicted molar refractivity (Wildman–Crippen MR) is 469 cm³/mol.